The predicted molar refractivity (Wildman–Crippen MR) is 57.2 cm³/mol. The van der Waals surface area contributed by atoms with Crippen LogP contribution in [0.25, 0.3) is 0 Å². The van der Waals surface area contributed by atoms with Gasteiger partial charge < -0.3 is 4.74 Å². The van der Waals surface area contributed by atoms with E-state index >= 15 is 0 Å². The fourth-order valence-corrected chi connectivity index (χ4v) is 2.67. The number of hydrogen-bond acceptors (Lipinski definition) is 5. The summed E-state index contributed by atoms with van der Waals surface area (Å²) in [5.74, 6) is 0.0411. The van der Waals surface area contributed by atoms with Crippen LogP contribution >= 0.6 is 0 Å². The predicted octanol–water partition coefficient (Wildman–Crippen LogP) is 0.00900. The van der Waals surface area contributed by atoms with E-state index in [4.69, 9.17) is 9.29 Å². The van der Waals surface area contributed by atoms with Crippen molar-refractivity contribution in [1.29, 1.82) is 0 Å². The maximum absolute atomic E-state index is 10.9. The summed E-state index contributed by atoms with van der Waals surface area (Å²) in [5, 5.41) is 1.84. The number of ether oxygens (including phenoxy) is 1. The van der Waals surface area contributed by atoms with Gasteiger partial charge >= 0.3 is 0 Å². The van der Waals surface area contributed by atoms with Gasteiger partial charge in [0.25, 0.3) is 16.6 Å². The van der Waals surface area contributed by atoms with Crippen molar-refractivity contribution in [3.63, 3.8) is 0 Å². The molecule has 2 unspecified atom stereocenters. The van der Waals surface area contributed by atoms with Crippen LogP contribution in [0.15, 0.2) is 0 Å². The lowest BCUT2D eigenvalue weighted by Gasteiger charge is -2.29. The molecule has 1 rings (SSSR count). The third kappa shape index (κ3) is 3.16. The van der Waals surface area contributed by atoms with E-state index < -0.39 is 15.5 Å². The zero-order valence-corrected chi connectivity index (χ0v) is 10.2. The molecule has 0 radical (unpaired) electrons. The van der Waals surface area contributed by atoms with Crippen molar-refractivity contribution < 1.29 is 22.5 Å². The summed E-state index contributed by atoms with van der Waals surface area (Å²) >= 11 is 0. The van der Waals surface area contributed by atoms with E-state index in [-0.39, 0.29) is 17.9 Å². The van der Waals surface area contributed by atoms with E-state index in [9.17, 15) is 13.2 Å². The van der Waals surface area contributed by atoms with E-state index in [1.165, 1.54) is 0 Å². The SMILES string of the molecule is CC(C)(COC=O)C1CNC(S(=O)(=O)O)C1. The van der Waals surface area contributed by atoms with Crippen molar-refractivity contribution in [3.05, 3.63) is 0 Å². The highest BCUT2D eigenvalue weighted by Gasteiger charge is 2.40. The Balaban J connectivity index is 2.61. The molecule has 0 bridgehead atoms. The second-order valence-electron chi connectivity index (χ2n) is 4.74. The molecule has 0 aliphatic carbocycles. The summed E-state index contributed by atoms with van der Waals surface area (Å²) < 4.78 is 35.5. The van der Waals surface area contributed by atoms with Crippen LogP contribution in [0.2, 0.25) is 0 Å². The first-order valence-electron chi connectivity index (χ1n) is 5.02. The van der Waals surface area contributed by atoms with Gasteiger partial charge in [0, 0.05) is 5.41 Å². The summed E-state index contributed by atoms with van der Waals surface area (Å²) in [6.07, 6.45) is 0.327. The Morgan fingerprint density at radius 2 is 2.19 bits per heavy atom. The fourth-order valence-electron chi connectivity index (χ4n) is 1.89. The van der Waals surface area contributed by atoms with Gasteiger partial charge in [-0.15, -0.1) is 0 Å². The largest absolute Gasteiger partial charge is 0.467 e. The molecule has 0 saturated carbocycles. The minimum atomic E-state index is -4.04. The zero-order chi connectivity index (χ0) is 12.4. The molecule has 94 valence electrons. The Bertz CT molecular complexity index is 351. The number of nitrogens with one attached hydrogen (secondary N) is 1. The minimum absolute atomic E-state index is 0.0411. The first-order valence-corrected chi connectivity index (χ1v) is 6.52. The molecule has 16 heavy (non-hydrogen) atoms. The lowest BCUT2D eigenvalue weighted by atomic mass is 9.79. The maximum atomic E-state index is 10.9. The number of carbonyl (C=O) groups excluding carboxylic acids is 1. The van der Waals surface area contributed by atoms with E-state index in [1.807, 2.05) is 13.8 Å². The normalized spacial score (nSPS) is 26.7. The van der Waals surface area contributed by atoms with Gasteiger partial charge in [-0.05, 0) is 18.9 Å². The smallest absolute Gasteiger partial charge is 0.293 e. The average Bonchev–Trinajstić information content (AvgIpc) is 2.63. The van der Waals surface area contributed by atoms with Crippen LogP contribution < -0.4 is 5.32 Å². The lowest BCUT2D eigenvalue weighted by molar-refractivity contribution is -0.132. The van der Waals surface area contributed by atoms with Crippen LogP contribution in [-0.4, -0.2) is 38.0 Å². The quantitative estimate of drug-likeness (QED) is 0.528. The molecule has 2 N–H and O–H groups in total. The lowest BCUT2D eigenvalue weighted by Crippen LogP contribution is -2.30. The molecule has 0 spiro atoms. The Kier molecular flexibility index (Phi) is 3.92. The number of hydrogen-bond donors (Lipinski definition) is 2. The summed E-state index contributed by atoms with van der Waals surface area (Å²) in [4.78, 5) is 10.1. The van der Waals surface area contributed by atoms with Crippen molar-refractivity contribution in [2.45, 2.75) is 25.6 Å². The third-order valence-corrected chi connectivity index (χ3v) is 4.16. The zero-order valence-electron chi connectivity index (χ0n) is 9.34. The molecule has 7 heteroatoms. The van der Waals surface area contributed by atoms with Crippen molar-refractivity contribution >= 4 is 16.6 Å². The summed E-state index contributed by atoms with van der Waals surface area (Å²) in [6, 6.07) is 0. The van der Waals surface area contributed by atoms with Crippen molar-refractivity contribution in [2.24, 2.45) is 11.3 Å². The van der Waals surface area contributed by atoms with Gasteiger partial charge in [0.2, 0.25) is 0 Å². The Hall–Kier alpha value is -0.660. The van der Waals surface area contributed by atoms with Gasteiger partial charge in [0.1, 0.15) is 5.37 Å². The molecule has 6 nitrogen and oxygen atoms in total. The van der Waals surface area contributed by atoms with Gasteiger partial charge in [-0.2, -0.15) is 8.42 Å². The fraction of sp³-hybridized carbons (Fsp3) is 0.889. The number of rotatable bonds is 5. The van der Waals surface area contributed by atoms with Gasteiger partial charge in [0.05, 0.1) is 6.61 Å². The molecule has 1 heterocycles. The molecule has 0 amide bonds. The van der Waals surface area contributed by atoms with Crippen molar-refractivity contribution in [3.8, 4) is 0 Å². The van der Waals surface area contributed by atoms with Crippen LogP contribution in [-0.2, 0) is 19.6 Å². The van der Waals surface area contributed by atoms with Crippen LogP contribution in [0.5, 0.6) is 0 Å². The summed E-state index contributed by atoms with van der Waals surface area (Å²) in [6.45, 7) is 4.90. The van der Waals surface area contributed by atoms with Gasteiger partial charge in [-0.1, -0.05) is 13.8 Å². The van der Waals surface area contributed by atoms with Crippen LogP contribution in [0.4, 0.5) is 0 Å². The van der Waals surface area contributed by atoms with Gasteiger partial charge in [0.15, 0.2) is 0 Å². The summed E-state index contributed by atoms with van der Waals surface area (Å²) in [7, 11) is -4.04. The van der Waals surface area contributed by atoms with E-state index in [1.54, 1.807) is 0 Å². The highest BCUT2D eigenvalue weighted by Crippen LogP contribution is 2.34. The monoisotopic (exact) mass is 251 g/mol. The molecule has 1 saturated heterocycles. The Morgan fingerprint density at radius 3 is 2.62 bits per heavy atom. The Labute approximate surface area is 95.1 Å². The summed E-state index contributed by atoms with van der Waals surface area (Å²) in [5.41, 5.74) is -0.312. The van der Waals surface area contributed by atoms with E-state index in [2.05, 4.69) is 5.32 Å². The molecular weight excluding hydrogens is 234 g/mol. The first kappa shape index (κ1) is 13.4. The average molecular weight is 251 g/mol. The van der Waals surface area contributed by atoms with Gasteiger partial charge in [-0.25, -0.2) is 0 Å². The second kappa shape index (κ2) is 4.68. The van der Waals surface area contributed by atoms with E-state index in [0.717, 1.165) is 0 Å². The van der Waals surface area contributed by atoms with Crippen LogP contribution in [0.1, 0.15) is 20.3 Å². The van der Waals surface area contributed by atoms with Crippen molar-refractivity contribution in [1.82, 2.24) is 5.32 Å². The van der Waals surface area contributed by atoms with Crippen LogP contribution in [0.3, 0.4) is 0 Å². The molecule has 0 aromatic carbocycles. The molecule has 1 aliphatic rings. The number of carbonyl (C=O) groups is 1. The van der Waals surface area contributed by atoms with Gasteiger partial charge in [-0.3, -0.25) is 14.7 Å². The van der Waals surface area contributed by atoms with Crippen LogP contribution in [0, 0.1) is 11.3 Å². The molecule has 0 aromatic heterocycles. The maximum Gasteiger partial charge on any atom is 0.293 e. The molecule has 0 aromatic rings. The highest BCUT2D eigenvalue weighted by atomic mass is 32.2. The van der Waals surface area contributed by atoms with E-state index in [0.29, 0.717) is 19.4 Å². The molecule has 1 aliphatic heterocycles. The third-order valence-electron chi connectivity index (χ3n) is 3.08. The Morgan fingerprint density at radius 1 is 1.56 bits per heavy atom. The minimum Gasteiger partial charge on any atom is -0.467 e. The molecule has 1 fully saturated rings. The molecule has 2 atom stereocenters. The topological polar surface area (TPSA) is 92.7 Å². The highest BCUT2D eigenvalue weighted by molar-refractivity contribution is 7.86. The first-order chi connectivity index (χ1) is 7.27. The molecular formula is C9H17NO5S. The van der Waals surface area contributed by atoms with Crippen molar-refractivity contribution in [2.75, 3.05) is 13.2 Å². The second-order valence-corrected chi connectivity index (χ2v) is 6.34. The standard InChI is InChI=1S/C9H17NO5S/c1-9(2,5-15-6-11)7-3-8(10-4-7)16(12,13)14/h6-8,10H,3-5H2,1-2H3,(H,12,13,14).